The molecule has 20 heavy (non-hydrogen) atoms. The van der Waals surface area contributed by atoms with Gasteiger partial charge in [0.2, 0.25) is 10.0 Å². The first-order chi connectivity index (χ1) is 9.48. The molecular weight excluding hydrogens is 280 g/mol. The van der Waals surface area contributed by atoms with Gasteiger partial charge in [-0.15, -0.1) is 4.91 Å². The van der Waals surface area contributed by atoms with E-state index in [4.69, 9.17) is 0 Å². The predicted molar refractivity (Wildman–Crippen MR) is 77.9 cm³/mol. The van der Waals surface area contributed by atoms with E-state index < -0.39 is 10.0 Å². The number of nitrogens with zero attached hydrogens (tertiary/aromatic N) is 2. The van der Waals surface area contributed by atoms with Crippen molar-refractivity contribution < 1.29 is 8.42 Å². The van der Waals surface area contributed by atoms with Crippen LogP contribution >= 0.6 is 0 Å². The molecule has 2 aromatic rings. The molecule has 2 N–H and O–H groups in total. The highest BCUT2D eigenvalue weighted by molar-refractivity contribution is 7.92. The smallest absolute Gasteiger partial charge is 0.229 e. The number of sulfonamides is 1. The Morgan fingerprint density at radius 2 is 2.00 bits per heavy atom. The lowest BCUT2D eigenvalue weighted by molar-refractivity contribution is 0.607. The van der Waals surface area contributed by atoms with Crippen LogP contribution in [0.1, 0.15) is 0 Å². The van der Waals surface area contributed by atoms with Crippen LogP contribution in [-0.4, -0.2) is 19.7 Å². The van der Waals surface area contributed by atoms with Gasteiger partial charge in [-0.05, 0) is 35.5 Å². The SMILES string of the molecule is CS(=O)(=O)Nc1cc(Nc2cccnc2)ccc1N=O. The fourth-order valence-electron chi connectivity index (χ4n) is 1.58. The van der Waals surface area contributed by atoms with E-state index in [1.165, 1.54) is 12.1 Å². The third kappa shape index (κ3) is 3.75. The summed E-state index contributed by atoms with van der Waals surface area (Å²) in [4.78, 5) is 14.6. The molecule has 0 bridgehead atoms. The third-order valence-electron chi connectivity index (χ3n) is 2.34. The highest BCUT2D eigenvalue weighted by Crippen LogP contribution is 2.30. The highest BCUT2D eigenvalue weighted by Gasteiger charge is 2.09. The largest absolute Gasteiger partial charge is 0.354 e. The second-order valence-electron chi connectivity index (χ2n) is 4.06. The molecule has 0 unspecified atom stereocenters. The van der Waals surface area contributed by atoms with Gasteiger partial charge in [0.25, 0.3) is 0 Å². The van der Waals surface area contributed by atoms with Crippen LogP contribution in [0.3, 0.4) is 0 Å². The summed E-state index contributed by atoms with van der Waals surface area (Å²) in [5.74, 6) is 0. The number of hydrogen-bond acceptors (Lipinski definition) is 6. The molecule has 0 saturated carbocycles. The molecule has 104 valence electrons. The first kappa shape index (κ1) is 13.9. The topological polar surface area (TPSA) is 101 Å². The number of hydrogen-bond donors (Lipinski definition) is 2. The van der Waals surface area contributed by atoms with E-state index >= 15 is 0 Å². The zero-order chi connectivity index (χ0) is 14.6. The molecule has 0 fully saturated rings. The monoisotopic (exact) mass is 292 g/mol. The minimum atomic E-state index is -3.49. The standard InChI is InChI=1S/C12H12N4O3S/c1-20(18,19)16-12-7-9(4-5-11(12)15-17)14-10-3-2-6-13-8-10/h2-8,14,16H,1H3. The van der Waals surface area contributed by atoms with Crippen LogP contribution in [0, 0.1) is 4.91 Å². The molecule has 0 aliphatic carbocycles. The average molecular weight is 292 g/mol. The van der Waals surface area contributed by atoms with E-state index in [1.54, 1.807) is 24.5 Å². The summed E-state index contributed by atoms with van der Waals surface area (Å²) < 4.78 is 24.8. The second-order valence-corrected chi connectivity index (χ2v) is 5.81. The van der Waals surface area contributed by atoms with Gasteiger partial charge >= 0.3 is 0 Å². The number of aromatic nitrogens is 1. The van der Waals surface area contributed by atoms with Crippen LogP contribution in [0.15, 0.2) is 47.9 Å². The summed E-state index contributed by atoms with van der Waals surface area (Å²) in [5.41, 5.74) is 1.49. The maximum atomic E-state index is 11.3. The van der Waals surface area contributed by atoms with Crippen molar-refractivity contribution in [2.75, 3.05) is 16.3 Å². The molecule has 0 atom stereocenters. The summed E-state index contributed by atoms with van der Waals surface area (Å²) in [7, 11) is -3.49. The molecule has 0 radical (unpaired) electrons. The minimum absolute atomic E-state index is 0.0205. The Labute approximate surface area is 116 Å². The first-order valence-corrected chi connectivity index (χ1v) is 7.49. The van der Waals surface area contributed by atoms with Crippen molar-refractivity contribution in [3.63, 3.8) is 0 Å². The molecule has 0 saturated heterocycles. The Kier molecular flexibility index (Phi) is 3.94. The van der Waals surface area contributed by atoms with E-state index in [0.717, 1.165) is 11.9 Å². The van der Waals surface area contributed by atoms with Crippen LogP contribution in [-0.2, 0) is 10.0 Å². The summed E-state index contributed by atoms with van der Waals surface area (Å²) >= 11 is 0. The Hall–Kier alpha value is -2.48. The van der Waals surface area contributed by atoms with Crippen LogP contribution in [0.2, 0.25) is 0 Å². The van der Waals surface area contributed by atoms with Crippen LogP contribution < -0.4 is 10.0 Å². The first-order valence-electron chi connectivity index (χ1n) is 5.60. The van der Waals surface area contributed by atoms with Crippen molar-refractivity contribution in [3.8, 4) is 0 Å². The van der Waals surface area contributed by atoms with Crippen molar-refractivity contribution in [1.82, 2.24) is 4.98 Å². The van der Waals surface area contributed by atoms with Crippen molar-refractivity contribution >= 4 is 32.8 Å². The molecule has 1 aromatic heterocycles. The molecule has 8 heteroatoms. The van der Waals surface area contributed by atoms with Crippen LogP contribution in [0.25, 0.3) is 0 Å². The predicted octanol–water partition coefficient (Wildman–Crippen LogP) is 2.59. The summed E-state index contributed by atoms with van der Waals surface area (Å²) in [6, 6.07) is 8.11. The number of nitrogens with one attached hydrogen (secondary N) is 2. The molecule has 0 aliphatic heterocycles. The summed E-state index contributed by atoms with van der Waals surface area (Å²) in [6.07, 6.45) is 4.26. The van der Waals surface area contributed by atoms with Crippen molar-refractivity contribution in [2.24, 2.45) is 5.18 Å². The van der Waals surface area contributed by atoms with Gasteiger partial charge in [0.15, 0.2) is 0 Å². The van der Waals surface area contributed by atoms with E-state index in [0.29, 0.717) is 5.69 Å². The Bertz CT molecular complexity index is 717. The fourth-order valence-corrected chi connectivity index (χ4v) is 2.14. The number of pyridine rings is 1. The van der Waals surface area contributed by atoms with E-state index in [-0.39, 0.29) is 11.4 Å². The number of anilines is 3. The van der Waals surface area contributed by atoms with E-state index in [2.05, 4.69) is 20.2 Å². The van der Waals surface area contributed by atoms with Gasteiger partial charge in [-0.25, -0.2) is 8.42 Å². The normalized spacial score (nSPS) is 10.8. The van der Waals surface area contributed by atoms with Crippen LogP contribution in [0.5, 0.6) is 0 Å². The van der Waals surface area contributed by atoms with Crippen molar-refractivity contribution in [2.45, 2.75) is 0 Å². The summed E-state index contributed by atoms with van der Waals surface area (Å²) in [6.45, 7) is 0. The summed E-state index contributed by atoms with van der Waals surface area (Å²) in [5, 5.41) is 5.83. The van der Waals surface area contributed by atoms with E-state index in [1.807, 2.05) is 6.07 Å². The average Bonchev–Trinajstić information content (AvgIpc) is 2.38. The number of rotatable bonds is 5. The lowest BCUT2D eigenvalue weighted by Gasteiger charge is -2.10. The van der Waals surface area contributed by atoms with Gasteiger partial charge in [0.1, 0.15) is 5.69 Å². The molecule has 2 rings (SSSR count). The van der Waals surface area contributed by atoms with Gasteiger partial charge < -0.3 is 5.32 Å². The Morgan fingerprint density at radius 3 is 2.60 bits per heavy atom. The molecule has 1 heterocycles. The fraction of sp³-hybridized carbons (Fsp3) is 0.0833. The lowest BCUT2D eigenvalue weighted by atomic mass is 10.2. The second kappa shape index (κ2) is 5.66. The quantitative estimate of drug-likeness (QED) is 0.825. The maximum Gasteiger partial charge on any atom is 0.229 e. The zero-order valence-corrected chi connectivity index (χ0v) is 11.4. The molecule has 0 spiro atoms. The minimum Gasteiger partial charge on any atom is -0.354 e. The molecule has 1 aromatic carbocycles. The molecule has 0 amide bonds. The van der Waals surface area contributed by atoms with Gasteiger partial charge in [-0.2, -0.15) is 0 Å². The molecule has 7 nitrogen and oxygen atoms in total. The number of nitroso groups, excluding NO2 is 1. The van der Waals surface area contributed by atoms with Gasteiger partial charge in [-0.3, -0.25) is 9.71 Å². The highest BCUT2D eigenvalue weighted by atomic mass is 32.2. The van der Waals surface area contributed by atoms with Gasteiger partial charge in [0, 0.05) is 11.9 Å². The Morgan fingerprint density at radius 1 is 1.20 bits per heavy atom. The molecular formula is C12H12N4O3S. The number of benzene rings is 1. The van der Waals surface area contributed by atoms with Gasteiger partial charge in [-0.1, -0.05) is 0 Å². The maximum absolute atomic E-state index is 11.3. The van der Waals surface area contributed by atoms with Crippen LogP contribution in [0.4, 0.5) is 22.7 Å². The lowest BCUT2D eigenvalue weighted by Crippen LogP contribution is -2.09. The van der Waals surface area contributed by atoms with E-state index in [9.17, 15) is 13.3 Å². The Balaban J connectivity index is 2.32. The third-order valence-corrected chi connectivity index (χ3v) is 2.93. The zero-order valence-electron chi connectivity index (χ0n) is 10.6. The molecule has 0 aliphatic rings. The van der Waals surface area contributed by atoms with Crippen molar-refractivity contribution in [1.29, 1.82) is 0 Å². The van der Waals surface area contributed by atoms with Gasteiger partial charge in [0.05, 0.1) is 23.8 Å². The van der Waals surface area contributed by atoms with Crippen molar-refractivity contribution in [3.05, 3.63) is 47.6 Å².